The highest BCUT2D eigenvalue weighted by Gasteiger charge is 2.44. The Morgan fingerprint density at radius 3 is 2.92 bits per heavy atom. The molecule has 0 N–H and O–H groups in total. The van der Waals surface area contributed by atoms with Crippen LogP contribution < -0.4 is 9.64 Å². The molecule has 0 bridgehead atoms. The second kappa shape index (κ2) is 6.87. The van der Waals surface area contributed by atoms with Crippen LogP contribution in [0, 0.1) is 24.6 Å². The molecular weight excluding hydrogens is 325 g/mol. The van der Waals surface area contributed by atoms with E-state index < -0.39 is 5.82 Å². The number of fused-ring (bicyclic) bond motifs is 1. The Morgan fingerprint density at radius 2 is 2.12 bits per heavy atom. The van der Waals surface area contributed by atoms with Crippen LogP contribution in [0.2, 0.25) is 0 Å². The molecule has 7 nitrogen and oxygen atoms in total. The van der Waals surface area contributed by atoms with Crippen molar-refractivity contribution in [1.29, 1.82) is 0 Å². The highest BCUT2D eigenvalue weighted by molar-refractivity contribution is 5.32. The van der Waals surface area contributed by atoms with E-state index in [1.165, 1.54) is 12.4 Å². The second-order valence-electron chi connectivity index (χ2n) is 6.52. The molecule has 132 valence electrons. The highest BCUT2D eigenvalue weighted by atomic mass is 19.1. The lowest BCUT2D eigenvalue weighted by Gasteiger charge is -2.19. The molecule has 2 aromatic rings. The van der Waals surface area contributed by atoms with Gasteiger partial charge in [-0.3, -0.25) is 0 Å². The number of aromatic nitrogens is 4. The molecule has 0 radical (unpaired) electrons. The summed E-state index contributed by atoms with van der Waals surface area (Å²) in [6.45, 7) is 4.78. The molecule has 0 amide bonds. The van der Waals surface area contributed by atoms with Crippen molar-refractivity contribution < 1.29 is 13.9 Å². The predicted molar refractivity (Wildman–Crippen MR) is 87.8 cm³/mol. The first-order valence-electron chi connectivity index (χ1n) is 8.45. The summed E-state index contributed by atoms with van der Waals surface area (Å²) in [5.74, 6) is 0.964. The largest absolute Gasteiger partial charge is 0.463 e. The third-order valence-electron chi connectivity index (χ3n) is 4.82. The minimum Gasteiger partial charge on any atom is -0.463 e. The van der Waals surface area contributed by atoms with Crippen LogP contribution in [0.4, 0.5) is 10.3 Å². The zero-order valence-corrected chi connectivity index (χ0v) is 14.0. The van der Waals surface area contributed by atoms with Gasteiger partial charge in [0.2, 0.25) is 5.95 Å². The Bertz CT molecular complexity index is 729. The lowest BCUT2D eigenvalue weighted by Crippen LogP contribution is -2.26. The normalized spacial score (nSPS) is 25.2. The summed E-state index contributed by atoms with van der Waals surface area (Å²) in [6.07, 6.45) is 5.16. The van der Waals surface area contributed by atoms with E-state index in [9.17, 15) is 4.39 Å². The Labute approximate surface area is 145 Å². The standard InChI is InChI=1S/C17H20FN5O2/c1-11-2-4-19-17(22-11)24-5-3-12-10-25-15-9-23(8-14(12)15)16-20-6-13(18)7-21-16/h2,4,6-7,12,14-15H,3,5,8-10H2,1H3/t12-,14-,15-/m0/s1. The maximum absolute atomic E-state index is 13.0. The van der Waals surface area contributed by atoms with Crippen LogP contribution >= 0.6 is 0 Å². The predicted octanol–water partition coefficient (Wildman–Crippen LogP) is 1.63. The number of anilines is 1. The first kappa shape index (κ1) is 16.1. The zero-order valence-electron chi connectivity index (χ0n) is 14.0. The lowest BCUT2D eigenvalue weighted by atomic mass is 9.91. The van der Waals surface area contributed by atoms with Crippen molar-refractivity contribution in [2.45, 2.75) is 19.4 Å². The van der Waals surface area contributed by atoms with E-state index in [-0.39, 0.29) is 6.10 Å². The fraction of sp³-hybridized carbons (Fsp3) is 0.529. The molecule has 2 aromatic heterocycles. The van der Waals surface area contributed by atoms with Crippen molar-refractivity contribution >= 4 is 5.95 Å². The molecule has 0 unspecified atom stereocenters. The van der Waals surface area contributed by atoms with Gasteiger partial charge in [-0.25, -0.2) is 24.3 Å². The monoisotopic (exact) mass is 345 g/mol. The average molecular weight is 345 g/mol. The minimum absolute atomic E-state index is 0.175. The van der Waals surface area contributed by atoms with Crippen LogP contribution in [0.15, 0.2) is 24.7 Å². The van der Waals surface area contributed by atoms with E-state index in [0.717, 1.165) is 31.8 Å². The lowest BCUT2D eigenvalue weighted by molar-refractivity contribution is 0.110. The molecule has 3 atom stereocenters. The van der Waals surface area contributed by atoms with Gasteiger partial charge in [-0.1, -0.05) is 0 Å². The van der Waals surface area contributed by atoms with Crippen LogP contribution in [0.1, 0.15) is 12.1 Å². The molecular formula is C17H20FN5O2. The van der Waals surface area contributed by atoms with Crippen LogP contribution in [-0.2, 0) is 4.74 Å². The van der Waals surface area contributed by atoms with E-state index in [1.807, 2.05) is 13.0 Å². The first-order chi connectivity index (χ1) is 12.2. The summed E-state index contributed by atoms with van der Waals surface area (Å²) in [7, 11) is 0. The molecule has 4 heterocycles. The summed E-state index contributed by atoms with van der Waals surface area (Å²) >= 11 is 0. The van der Waals surface area contributed by atoms with Gasteiger partial charge in [-0.05, 0) is 25.3 Å². The number of aryl methyl sites for hydroxylation is 1. The highest BCUT2D eigenvalue weighted by Crippen LogP contribution is 2.36. The number of nitrogens with zero attached hydrogens (tertiary/aromatic N) is 5. The van der Waals surface area contributed by atoms with Crippen molar-refractivity contribution in [3.63, 3.8) is 0 Å². The van der Waals surface area contributed by atoms with Gasteiger partial charge >= 0.3 is 6.01 Å². The van der Waals surface area contributed by atoms with Gasteiger partial charge in [-0.15, -0.1) is 0 Å². The molecule has 2 fully saturated rings. The Hall–Kier alpha value is -2.35. The number of hydrogen-bond donors (Lipinski definition) is 0. The van der Waals surface area contributed by atoms with Gasteiger partial charge in [0.05, 0.1) is 31.7 Å². The van der Waals surface area contributed by atoms with Crippen molar-refractivity contribution in [3.05, 3.63) is 36.2 Å². The molecule has 0 aromatic carbocycles. The summed E-state index contributed by atoms with van der Waals surface area (Å²) in [6, 6.07) is 2.26. The first-order valence-corrected chi connectivity index (χ1v) is 8.45. The third kappa shape index (κ3) is 3.53. The van der Waals surface area contributed by atoms with Crippen molar-refractivity contribution in [1.82, 2.24) is 19.9 Å². The van der Waals surface area contributed by atoms with Gasteiger partial charge in [0.15, 0.2) is 5.82 Å². The van der Waals surface area contributed by atoms with E-state index in [2.05, 4.69) is 24.8 Å². The summed E-state index contributed by atoms with van der Waals surface area (Å²) in [5.41, 5.74) is 0.889. The van der Waals surface area contributed by atoms with Crippen LogP contribution in [0.25, 0.3) is 0 Å². The molecule has 0 saturated carbocycles. The summed E-state index contributed by atoms with van der Waals surface area (Å²) in [5, 5.41) is 0. The van der Waals surface area contributed by atoms with Crippen molar-refractivity contribution in [2.24, 2.45) is 11.8 Å². The average Bonchev–Trinajstić information content (AvgIpc) is 3.17. The van der Waals surface area contributed by atoms with E-state index in [4.69, 9.17) is 9.47 Å². The quantitative estimate of drug-likeness (QED) is 0.815. The molecule has 8 heteroatoms. The second-order valence-corrected chi connectivity index (χ2v) is 6.52. The van der Waals surface area contributed by atoms with E-state index in [1.54, 1.807) is 6.20 Å². The third-order valence-corrected chi connectivity index (χ3v) is 4.82. The SMILES string of the molecule is Cc1ccnc(OCC[C@H]2CO[C@H]3CN(c4ncc(F)cn4)C[C@@H]23)n1. The van der Waals surface area contributed by atoms with Crippen molar-refractivity contribution in [3.8, 4) is 6.01 Å². The molecule has 4 rings (SSSR count). The Morgan fingerprint density at radius 1 is 1.28 bits per heavy atom. The van der Waals surface area contributed by atoms with E-state index in [0.29, 0.717) is 30.4 Å². The van der Waals surface area contributed by atoms with E-state index >= 15 is 0 Å². The number of hydrogen-bond acceptors (Lipinski definition) is 7. The Balaban J connectivity index is 1.32. The molecule has 2 saturated heterocycles. The maximum atomic E-state index is 13.0. The molecule has 0 aliphatic carbocycles. The minimum atomic E-state index is -0.423. The molecule has 25 heavy (non-hydrogen) atoms. The van der Waals surface area contributed by atoms with Gasteiger partial charge in [0, 0.05) is 30.9 Å². The maximum Gasteiger partial charge on any atom is 0.316 e. The topological polar surface area (TPSA) is 73.3 Å². The number of halogens is 1. The molecule has 2 aliphatic rings. The fourth-order valence-corrected chi connectivity index (χ4v) is 3.53. The number of ether oxygens (including phenoxy) is 2. The zero-order chi connectivity index (χ0) is 17.2. The molecule has 2 aliphatic heterocycles. The summed E-state index contributed by atoms with van der Waals surface area (Å²) in [4.78, 5) is 18.5. The molecule has 0 spiro atoms. The van der Waals surface area contributed by atoms with Gasteiger partial charge in [0.25, 0.3) is 0 Å². The van der Waals surface area contributed by atoms with Gasteiger partial charge < -0.3 is 14.4 Å². The van der Waals surface area contributed by atoms with Crippen LogP contribution in [0.3, 0.4) is 0 Å². The fourth-order valence-electron chi connectivity index (χ4n) is 3.53. The van der Waals surface area contributed by atoms with Gasteiger partial charge in [-0.2, -0.15) is 0 Å². The smallest absolute Gasteiger partial charge is 0.316 e. The van der Waals surface area contributed by atoms with Crippen molar-refractivity contribution in [2.75, 3.05) is 31.2 Å². The Kier molecular flexibility index (Phi) is 4.44. The van der Waals surface area contributed by atoms with Gasteiger partial charge in [0.1, 0.15) is 0 Å². The number of rotatable bonds is 5. The van der Waals surface area contributed by atoms with Crippen LogP contribution in [-0.4, -0.2) is 52.3 Å². The van der Waals surface area contributed by atoms with Crippen LogP contribution in [0.5, 0.6) is 6.01 Å². The summed E-state index contributed by atoms with van der Waals surface area (Å²) < 4.78 is 24.6.